The molecule has 0 aliphatic heterocycles. The van der Waals surface area contributed by atoms with Crippen molar-refractivity contribution in [1.82, 2.24) is 0 Å². The lowest BCUT2D eigenvalue weighted by Crippen LogP contribution is -1.90. The highest BCUT2D eigenvalue weighted by Gasteiger charge is 2.23. The molecule has 0 saturated heterocycles. The molecule has 1 aromatic heterocycles. The van der Waals surface area contributed by atoms with Crippen LogP contribution in [0.2, 0.25) is 5.02 Å². The van der Waals surface area contributed by atoms with Crippen LogP contribution in [0.3, 0.4) is 0 Å². The second-order valence-corrected chi connectivity index (χ2v) is 5.74. The average molecular weight is 314 g/mol. The van der Waals surface area contributed by atoms with Gasteiger partial charge in [-0.3, -0.25) is 10.1 Å². The molecule has 2 rings (SSSR count). The molecular weight excluding hydrogens is 302 g/mol. The molecule has 0 spiro atoms. The van der Waals surface area contributed by atoms with Crippen LogP contribution in [0, 0.1) is 17.0 Å². The number of thiophene rings is 1. The van der Waals surface area contributed by atoms with Crippen LogP contribution in [0.1, 0.15) is 23.5 Å². The van der Waals surface area contributed by atoms with E-state index in [0.29, 0.717) is 15.6 Å². The summed E-state index contributed by atoms with van der Waals surface area (Å²) >= 11 is 7.04. The summed E-state index contributed by atoms with van der Waals surface area (Å²) in [7, 11) is 0. The van der Waals surface area contributed by atoms with Gasteiger partial charge < -0.3 is 9.84 Å². The van der Waals surface area contributed by atoms with E-state index in [1.165, 1.54) is 6.07 Å². The van der Waals surface area contributed by atoms with Gasteiger partial charge in [0.2, 0.25) is 0 Å². The van der Waals surface area contributed by atoms with Gasteiger partial charge in [-0.2, -0.15) is 0 Å². The van der Waals surface area contributed by atoms with E-state index in [4.69, 9.17) is 16.3 Å². The van der Waals surface area contributed by atoms with Gasteiger partial charge in [0, 0.05) is 10.9 Å². The molecule has 1 N–H and O–H groups in total. The van der Waals surface area contributed by atoms with Gasteiger partial charge >= 0.3 is 5.69 Å². The molecular formula is C13H12ClNO4S. The highest BCUT2D eigenvalue weighted by molar-refractivity contribution is 7.14. The molecule has 0 amide bonds. The number of benzene rings is 1. The highest BCUT2D eigenvalue weighted by Crippen LogP contribution is 2.43. The molecule has 0 bridgehead atoms. The highest BCUT2D eigenvalue weighted by atomic mass is 35.5. The zero-order valence-electron chi connectivity index (χ0n) is 10.8. The van der Waals surface area contributed by atoms with E-state index in [0.717, 1.165) is 16.9 Å². The third-order valence-corrected chi connectivity index (χ3v) is 4.08. The second-order valence-electron chi connectivity index (χ2n) is 4.29. The number of aliphatic hydroxyl groups is 1. The maximum Gasteiger partial charge on any atom is 0.323 e. The van der Waals surface area contributed by atoms with E-state index in [9.17, 15) is 15.2 Å². The SMILES string of the molecule is Cc1ccc(Cl)c(Oc2sc(C(C)O)cc2[N+](=O)[O-])c1. The standard InChI is InChI=1S/C13H12ClNO4S/c1-7-3-4-9(14)11(5-7)19-13-10(15(17)18)6-12(20-13)8(2)16/h3-6,8,16H,1-2H3. The van der Waals surface area contributed by atoms with Gasteiger partial charge in [-0.15, -0.1) is 0 Å². The molecule has 1 atom stereocenters. The van der Waals surface area contributed by atoms with E-state index < -0.39 is 11.0 Å². The first-order valence-electron chi connectivity index (χ1n) is 5.78. The van der Waals surface area contributed by atoms with Gasteiger partial charge in [0.05, 0.1) is 16.0 Å². The molecule has 1 aromatic carbocycles. The summed E-state index contributed by atoms with van der Waals surface area (Å²) < 4.78 is 5.55. The predicted molar refractivity (Wildman–Crippen MR) is 77.9 cm³/mol. The number of ether oxygens (including phenoxy) is 1. The molecule has 2 aromatic rings. The lowest BCUT2D eigenvalue weighted by molar-refractivity contribution is -0.385. The van der Waals surface area contributed by atoms with Crippen molar-refractivity contribution in [3.05, 3.63) is 49.8 Å². The number of hydrogen-bond acceptors (Lipinski definition) is 5. The molecule has 20 heavy (non-hydrogen) atoms. The van der Waals surface area contributed by atoms with Crippen LogP contribution >= 0.6 is 22.9 Å². The monoisotopic (exact) mass is 313 g/mol. The fraction of sp³-hybridized carbons (Fsp3) is 0.231. The average Bonchev–Trinajstić information content (AvgIpc) is 2.78. The van der Waals surface area contributed by atoms with Crippen molar-refractivity contribution in [3.63, 3.8) is 0 Å². The molecule has 0 saturated carbocycles. The van der Waals surface area contributed by atoms with Crippen molar-refractivity contribution >= 4 is 28.6 Å². The molecule has 1 heterocycles. The number of aliphatic hydroxyl groups excluding tert-OH is 1. The number of nitrogens with zero attached hydrogens (tertiary/aromatic N) is 1. The summed E-state index contributed by atoms with van der Waals surface area (Å²) in [5, 5.41) is 21.0. The Hall–Kier alpha value is -1.63. The first kappa shape index (κ1) is 14.8. The van der Waals surface area contributed by atoms with Gasteiger partial charge in [-0.05, 0) is 31.5 Å². The van der Waals surface area contributed by atoms with Gasteiger partial charge in [0.15, 0.2) is 0 Å². The minimum atomic E-state index is -0.788. The van der Waals surface area contributed by atoms with E-state index in [1.54, 1.807) is 19.1 Å². The topological polar surface area (TPSA) is 72.6 Å². The summed E-state index contributed by atoms with van der Waals surface area (Å²) in [6.45, 7) is 3.41. The van der Waals surface area contributed by atoms with Crippen LogP contribution in [-0.2, 0) is 0 Å². The van der Waals surface area contributed by atoms with Crippen molar-refractivity contribution < 1.29 is 14.8 Å². The van der Waals surface area contributed by atoms with E-state index in [-0.39, 0.29) is 10.8 Å². The third kappa shape index (κ3) is 3.09. The maximum absolute atomic E-state index is 11.0. The number of halogens is 1. The van der Waals surface area contributed by atoms with Crippen LogP contribution in [0.5, 0.6) is 10.8 Å². The normalized spacial score (nSPS) is 12.2. The second kappa shape index (κ2) is 5.78. The quantitative estimate of drug-likeness (QED) is 0.668. The fourth-order valence-electron chi connectivity index (χ4n) is 1.58. The maximum atomic E-state index is 11.0. The Morgan fingerprint density at radius 1 is 1.45 bits per heavy atom. The number of nitro groups is 1. The minimum absolute atomic E-state index is 0.110. The Labute approximate surface area is 124 Å². The summed E-state index contributed by atoms with van der Waals surface area (Å²) in [6.07, 6.45) is -0.788. The van der Waals surface area contributed by atoms with Crippen LogP contribution in [0.4, 0.5) is 5.69 Å². The van der Waals surface area contributed by atoms with E-state index >= 15 is 0 Å². The van der Waals surface area contributed by atoms with Crippen molar-refractivity contribution in [2.45, 2.75) is 20.0 Å². The molecule has 5 nitrogen and oxygen atoms in total. The van der Waals surface area contributed by atoms with E-state index in [1.807, 2.05) is 13.0 Å². The Kier molecular flexibility index (Phi) is 4.27. The smallest absolute Gasteiger partial charge is 0.323 e. The molecule has 0 aliphatic rings. The number of aryl methyl sites for hydroxylation is 1. The first-order chi connectivity index (χ1) is 9.38. The Morgan fingerprint density at radius 2 is 2.15 bits per heavy atom. The largest absolute Gasteiger partial charge is 0.438 e. The number of rotatable bonds is 4. The van der Waals surface area contributed by atoms with Gasteiger partial charge in [0.25, 0.3) is 5.06 Å². The Bertz CT molecular complexity index is 654. The molecule has 0 radical (unpaired) electrons. The number of hydrogen-bond donors (Lipinski definition) is 1. The summed E-state index contributed by atoms with van der Waals surface area (Å²) in [5.74, 6) is 0.355. The minimum Gasteiger partial charge on any atom is -0.438 e. The lowest BCUT2D eigenvalue weighted by Gasteiger charge is -2.06. The van der Waals surface area contributed by atoms with Crippen LogP contribution in [0.25, 0.3) is 0 Å². The first-order valence-corrected chi connectivity index (χ1v) is 6.98. The molecule has 106 valence electrons. The zero-order chi connectivity index (χ0) is 14.9. The van der Waals surface area contributed by atoms with Crippen molar-refractivity contribution in [2.75, 3.05) is 0 Å². The zero-order valence-corrected chi connectivity index (χ0v) is 12.4. The fourth-order valence-corrected chi connectivity index (χ4v) is 2.66. The van der Waals surface area contributed by atoms with Crippen molar-refractivity contribution in [3.8, 4) is 10.8 Å². The van der Waals surface area contributed by atoms with Crippen LogP contribution in [0.15, 0.2) is 24.3 Å². The molecule has 0 aliphatic carbocycles. The summed E-state index contributed by atoms with van der Waals surface area (Å²) in [6, 6.07) is 6.50. The van der Waals surface area contributed by atoms with Crippen molar-refractivity contribution in [2.24, 2.45) is 0 Å². The van der Waals surface area contributed by atoms with Crippen LogP contribution < -0.4 is 4.74 Å². The molecule has 7 heteroatoms. The third-order valence-electron chi connectivity index (χ3n) is 2.60. The van der Waals surface area contributed by atoms with Crippen LogP contribution in [-0.4, -0.2) is 10.0 Å². The molecule has 0 fully saturated rings. The van der Waals surface area contributed by atoms with E-state index in [2.05, 4.69) is 0 Å². The summed E-state index contributed by atoms with van der Waals surface area (Å²) in [4.78, 5) is 10.9. The molecule has 1 unspecified atom stereocenters. The predicted octanol–water partition coefficient (Wildman–Crippen LogP) is 4.46. The van der Waals surface area contributed by atoms with Gasteiger partial charge in [-0.25, -0.2) is 0 Å². The Balaban J connectivity index is 2.42. The Morgan fingerprint density at radius 3 is 2.75 bits per heavy atom. The van der Waals surface area contributed by atoms with Crippen molar-refractivity contribution in [1.29, 1.82) is 0 Å². The summed E-state index contributed by atoms with van der Waals surface area (Å²) in [5.41, 5.74) is 0.753. The van der Waals surface area contributed by atoms with Gasteiger partial charge in [0.1, 0.15) is 5.75 Å². The lowest BCUT2D eigenvalue weighted by atomic mass is 10.2. The van der Waals surface area contributed by atoms with Gasteiger partial charge in [-0.1, -0.05) is 29.0 Å².